The molecule has 1 amide bonds. The van der Waals surface area contributed by atoms with E-state index in [4.69, 9.17) is 17.3 Å². The van der Waals surface area contributed by atoms with Crippen molar-refractivity contribution >= 4 is 17.5 Å². The molecule has 1 aromatic carbocycles. The maximum atomic E-state index is 13.3. The van der Waals surface area contributed by atoms with Gasteiger partial charge in [0.05, 0.1) is 10.6 Å². The molecule has 0 aliphatic heterocycles. The highest BCUT2D eigenvalue weighted by atomic mass is 35.5. The van der Waals surface area contributed by atoms with Gasteiger partial charge in [-0.05, 0) is 31.5 Å². The number of aryl methyl sites for hydroxylation is 1. The van der Waals surface area contributed by atoms with Gasteiger partial charge in [-0.3, -0.25) is 4.79 Å². The van der Waals surface area contributed by atoms with Gasteiger partial charge in [0.1, 0.15) is 5.82 Å². The molecule has 0 aliphatic rings. The molecule has 0 saturated heterocycles. The first-order valence-corrected chi connectivity index (χ1v) is 5.29. The zero-order valence-electron chi connectivity index (χ0n) is 9.18. The van der Waals surface area contributed by atoms with E-state index in [9.17, 15) is 9.18 Å². The summed E-state index contributed by atoms with van der Waals surface area (Å²) in [5, 5.41) is 2.81. The summed E-state index contributed by atoms with van der Waals surface area (Å²) < 4.78 is 13.3. The fourth-order valence-corrected chi connectivity index (χ4v) is 1.47. The Bertz CT molecular complexity index is 407. The van der Waals surface area contributed by atoms with E-state index in [0.29, 0.717) is 12.1 Å². The molecule has 88 valence electrons. The van der Waals surface area contributed by atoms with Crippen LogP contribution >= 0.6 is 11.6 Å². The topological polar surface area (TPSA) is 55.1 Å². The summed E-state index contributed by atoms with van der Waals surface area (Å²) in [6.07, 6.45) is 0. The van der Waals surface area contributed by atoms with E-state index < -0.39 is 11.7 Å². The van der Waals surface area contributed by atoms with Gasteiger partial charge in [-0.1, -0.05) is 11.6 Å². The third-order valence-corrected chi connectivity index (χ3v) is 2.39. The third-order valence-electron chi connectivity index (χ3n) is 2.08. The molecule has 0 spiro atoms. The molecule has 1 unspecified atom stereocenters. The molecule has 1 atom stereocenters. The Kier molecular flexibility index (Phi) is 4.26. The van der Waals surface area contributed by atoms with Crippen LogP contribution in [0, 0.1) is 12.7 Å². The summed E-state index contributed by atoms with van der Waals surface area (Å²) in [7, 11) is 0. The number of carbonyl (C=O) groups excluding carboxylic acids is 1. The SMILES string of the molecule is Cc1cc(Cl)c(C(=O)NCC(C)N)cc1F. The Morgan fingerprint density at radius 2 is 2.25 bits per heavy atom. The molecule has 1 aromatic rings. The smallest absolute Gasteiger partial charge is 0.252 e. The standard InChI is InChI=1S/C11H14ClFN2O/c1-6-3-9(12)8(4-10(6)13)11(16)15-5-7(2)14/h3-4,7H,5,14H2,1-2H3,(H,15,16). The highest BCUT2D eigenvalue weighted by Crippen LogP contribution is 2.20. The molecule has 16 heavy (non-hydrogen) atoms. The van der Waals surface area contributed by atoms with Crippen molar-refractivity contribution in [3.8, 4) is 0 Å². The van der Waals surface area contributed by atoms with Gasteiger partial charge in [-0.15, -0.1) is 0 Å². The van der Waals surface area contributed by atoms with Crippen LogP contribution in [0.2, 0.25) is 5.02 Å². The van der Waals surface area contributed by atoms with Crippen molar-refractivity contribution < 1.29 is 9.18 Å². The van der Waals surface area contributed by atoms with Crippen LogP contribution in [0.3, 0.4) is 0 Å². The van der Waals surface area contributed by atoms with Crippen LogP contribution in [0.15, 0.2) is 12.1 Å². The highest BCUT2D eigenvalue weighted by Gasteiger charge is 2.13. The molecule has 3 nitrogen and oxygen atoms in total. The van der Waals surface area contributed by atoms with E-state index >= 15 is 0 Å². The lowest BCUT2D eigenvalue weighted by Crippen LogP contribution is -2.35. The van der Waals surface area contributed by atoms with Crippen molar-refractivity contribution in [3.05, 3.63) is 34.1 Å². The van der Waals surface area contributed by atoms with E-state index in [2.05, 4.69) is 5.32 Å². The molecule has 0 aromatic heterocycles. The second kappa shape index (κ2) is 5.27. The van der Waals surface area contributed by atoms with Gasteiger partial charge in [0.15, 0.2) is 0 Å². The zero-order chi connectivity index (χ0) is 12.3. The number of benzene rings is 1. The summed E-state index contributed by atoms with van der Waals surface area (Å²) >= 11 is 5.85. The lowest BCUT2D eigenvalue weighted by molar-refractivity contribution is 0.0951. The van der Waals surface area contributed by atoms with Gasteiger partial charge < -0.3 is 11.1 Å². The number of nitrogens with two attached hydrogens (primary N) is 1. The van der Waals surface area contributed by atoms with Crippen LogP contribution in [0.4, 0.5) is 4.39 Å². The van der Waals surface area contributed by atoms with Crippen molar-refractivity contribution in [3.63, 3.8) is 0 Å². The maximum Gasteiger partial charge on any atom is 0.252 e. The second-order valence-corrected chi connectivity index (χ2v) is 4.18. The van der Waals surface area contributed by atoms with Gasteiger partial charge in [0, 0.05) is 12.6 Å². The molecule has 0 aliphatic carbocycles. The van der Waals surface area contributed by atoms with Crippen molar-refractivity contribution in [2.45, 2.75) is 19.9 Å². The molecular formula is C11H14ClFN2O. The molecule has 5 heteroatoms. The van der Waals surface area contributed by atoms with E-state index in [1.165, 1.54) is 6.07 Å². The number of rotatable bonds is 3. The Balaban J connectivity index is 2.87. The normalized spacial score (nSPS) is 12.3. The predicted molar refractivity (Wildman–Crippen MR) is 62.1 cm³/mol. The molecule has 1 rings (SSSR count). The Labute approximate surface area is 98.8 Å². The fourth-order valence-electron chi connectivity index (χ4n) is 1.17. The molecule has 0 fully saturated rings. The average molecular weight is 245 g/mol. The zero-order valence-corrected chi connectivity index (χ0v) is 9.94. The van der Waals surface area contributed by atoms with Gasteiger partial charge in [-0.2, -0.15) is 0 Å². The summed E-state index contributed by atoms with van der Waals surface area (Å²) in [6.45, 7) is 3.67. The molecule has 0 bridgehead atoms. The quantitative estimate of drug-likeness (QED) is 0.853. The number of nitrogens with one attached hydrogen (secondary N) is 1. The van der Waals surface area contributed by atoms with Crippen LogP contribution in [-0.4, -0.2) is 18.5 Å². The minimum Gasteiger partial charge on any atom is -0.350 e. The first-order valence-electron chi connectivity index (χ1n) is 4.91. The summed E-state index contributed by atoms with van der Waals surface area (Å²) in [5.41, 5.74) is 6.03. The largest absolute Gasteiger partial charge is 0.350 e. The number of halogens is 2. The van der Waals surface area contributed by atoms with Gasteiger partial charge >= 0.3 is 0 Å². The summed E-state index contributed by atoms with van der Waals surface area (Å²) in [6, 6.07) is 2.41. The van der Waals surface area contributed by atoms with Crippen LogP contribution in [-0.2, 0) is 0 Å². The Hall–Kier alpha value is -1.13. The van der Waals surface area contributed by atoms with Crippen molar-refractivity contribution in [2.75, 3.05) is 6.54 Å². The molecule has 0 heterocycles. The van der Waals surface area contributed by atoms with E-state index in [1.807, 2.05) is 0 Å². The van der Waals surface area contributed by atoms with Gasteiger partial charge in [0.25, 0.3) is 5.91 Å². The lowest BCUT2D eigenvalue weighted by Gasteiger charge is -2.09. The van der Waals surface area contributed by atoms with Crippen LogP contribution in [0.1, 0.15) is 22.8 Å². The molecule has 0 saturated carbocycles. The van der Waals surface area contributed by atoms with Crippen LogP contribution in [0.5, 0.6) is 0 Å². The van der Waals surface area contributed by atoms with E-state index in [-0.39, 0.29) is 16.6 Å². The van der Waals surface area contributed by atoms with E-state index in [1.54, 1.807) is 13.8 Å². The predicted octanol–water partition coefficient (Wildman–Crippen LogP) is 1.86. The number of amides is 1. The number of carbonyl (C=O) groups is 1. The fraction of sp³-hybridized carbons (Fsp3) is 0.364. The number of hydrogen-bond donors (Lipinski definition) is 2. The van der Waals surface area contributed by atoms with Crippen LogP contribution < -0.4 is 11.1 Å². The van der Waals surface area contributed by atoms with E-state index in [0.717, 1.165) is 6.07 Å². The minimum absolute atomic E-state index is 0.130. The van der Waals surface area contributed by atoms with Crippen molar-refractivity contribution in [1.82, 2.24) is 5.32 Å². The van der Waals surface area contributed by atoms with Gasteiger partial charge in [-0.25, -0.2) is 4.39 Å². The van der Waals surface area contributed by atoms with Crippen molar-refractivity contribution in [1.29, 1.82) is 0 Å². The molecular weight excluding hydrogens is 231 g/mol. The Morgan fingerprint density at radius 3 is 2.81 bits per heavy atom. The summed E-state index contributed by atoms with van der Waals surface area (Å²) in [4.78, 5) is 11.6. The lowest BCUT2D eigenvalue weighted by atomic mass is 10.1. The third kappa shape index (κ3) is 3.18. The Morgan fingerprint density at radius 1 is 1.62 bits per heavy atom. The highest BCUT2D eigenvalue weighted by molar-refractivity contribution is 6.33. The number of hydrogen-bond acceptors (Lipinski definition) is 2. The van der Waals surface area contributed by atoms with Gasteiger partial charge in [0.2, 0.25) is 0 Å². The van der Waals surface area contributed by atoms with Crippen molar-refractivity contribution in [2.24, 2.45) is 5.73 Å². The second-order valence-electron chi connectivity index (χ2n) is 3.77. The first-order chi connectivity index (χ1) is 7.41. The molecule has 0 radical (unpaired) electrons. The minimum atomic E-state index is -0.449. The summed E-state index contributed by atoms with van der Waals surface area (Å²) in [5.74, 6) is -0.864. The average Bonchev–Trinajstić information content (AvgIpc) is 2.20. The first kappa shape index (κ1) is 12.9. The maximum absolute atomic E-state index is 13.3. The monoisotopic (exact) mass is 244 g/mol. The van der Waals surface area contributed by atoms with Crippen LogP contribution in [0.25, 0.3) is 0 Å². The molecule has 3 N–H and O–H groups in total.